The predicted octanol–water partition coefficient (Wildman–Crippen LogP) is 4.40. The third kappa shape index (κ3) is 5.56. The number of nitrogens with one attached hydrogen (secondary N) is 2. The molecule has 4 heterocycles. The number of fused-ring (bicyclic) bond motifs is 4. The summed E-state index contributed by atoms with van der Waals surface area (Å²) in [5.41, 5.74) is 3.62. The third-order valence-corrected chi connectivity index (χ3v) is 8.19. The van der Waals surface area contributed by atoms with Crippen molar-refractivity contribution in [1.29, 1.82) is 0 Å². The number of carbonyl (C=O) groups is 2. The summed E-state index contributed by atoms with van der Waals surface area (Å²) < 4.78 is 18.1. The topological polar surface area (TPSA) is 124 Å². The molecule has 2 aromatic carbocycles. The van der Waals surface area contributed by atoms with Gasteiger partial charge in [0.15, 0.2) is 11.5 Å². The normalized spacial score (nSPS) is 16.8. The van der Waals surface area contributed by atoms with Gasteiger partial charge in [0.05, 0.1) is 32.7 Å². The van der Waals surface area contributed by atoms with Gasteiger partial charge in [-0.1, -0.05) is 6.07 Å². The van der Waals surface area contributed by atoms with Gasteiger partial charge in [-0.3, -0.25) is 19.4 Å². The van der Waals surface area contributed by atoms with Crippen LogP contribution in [0.25, 0.3) is 0 Å². The highest BCUT2D eigenvalue weighted by atomic mass is 16.5. The Balaban J connectivity index is 1.32. The minimum atomic E-state index is -0.381. The number of rotatable bonds is 8. The average Bonchev–Trinajstić information content (AvgIpc) is 3.05. The van der Waals surface area contributed by atoms with Crippen molar-refractivity contribution in [3.05, 3.63) is 100 Å². The average molecular weight is 596 g/mol. The highest BCUT2D eigenvalue weighted by Crippen LogP contribution is 2.41. The van der Waals surface area contributed by atoms with Crippen LogP contribution in [0.4, 0.5) is 17.1 Å². The monoisotopic (exact) mass is 595 g/mol. The number of anilines is 3. The number of benzene rings is 2. The van der Waals surface area contributed by atoms with E-state index >= 15 is 0 Å². The first kappa shape index (κ1) is 28.8. The lowest BCUT2D eigenvalue weighted by Gasteiger charge is -2.44. The molecular formula is C33H33N5O6. The molecule has 11 nitrogen and oxygen atoms in total. The Hall–Kier alpha value is -5.32. The summed E-state index contributed by atoms with van der Waals surface area (Å²) in [5.74, 6) is 0.970. The molecule has 6 rings (SSSR count). The molecule has 0 spiro atoms. The quantitative estimate of drug-likeness (QED) is 0.307. The lowest BCUT2D eigenvalue weighted by atomic mass is 9.83. The van der Waals surface area contributed by atoms with E-state index in [0.29, 0.717) is 59.4 Å². The molecule has 0 aliphatic carbocycles. The summed E-state index contributed by atoms with van der Waals surface area (Å²) in [6.45, 7) is 2.04. The maximum Gasteiger partial charge on any atom is 0.255 e. The van der Waals surface area contributed by atoms with Crippen LogP contribution in [0.1, 0.15) is 38.7 Å². The molecule has 4 aromatic rings. The zero-order valence-electron chi connectivity index (χ0n) is 24.7. The van der Waals surface area contributed by atoms with E-state index in [1.54, 1.807) is 54.9 Å². The van der Waals surface area contributed by atoms with Crippen molar-refractivity contribution in [2.45, 2.75) is 18.9 Å². The van der Waals surface area contributed by atoms with Crippen molar-refractivity contribution in [3.63, 3.8) is 0 Å². The molecular weight excluding hydrogens is 562 g/mol. The smallest absolute Gasteiger partial charge is 0.255 e. The molecule has 2 bridgehead atoms. The second-order valence-electron chi connectivity index (χ2n) is 10.9. The van der Waals surface area contributed by atoms with Gasteiger partial charge >= 0.3 is 0 Å². The fraction of sp³-hybridized carbons (Fsp3) is 0.273. The molecule has 2 atom stereocenters. The van der Waals surface area contributed by atoms with E-state index in [0.717, 1.165) is 17.8 Å². The van der Waals surface area contributed by atoms with Crippen LogP contribution in [0.15, 0.2) is 77.9 Å². The molecule has 2 aliphatic rings. The molecule has 2 aliphatic heterocycles. The van der Waals surface area contributed by atoms with E-state index in [4.69, 9.17) is 14.2 Å². The van der Waals surface area contributed by atoms with Gasteiger partial charge in [0.2, 0.25) is 5.75 Å². The van der Waals surface area contributed by atoms with Gasteiger partial charge in [-0.15, -0.1) is 0 Å². The number of aromatic nitrogens is 2. The number of hydrogen-bond donors (Lipinski definition) is 2. The summed E-state index contributed by atoms with van der Waals surface area (Å²) in [7, 11) is 4.52. The van der Waals surface area contributed by atoms with E-state index in [9.17, 15) is 14.4 Å². The molecule has 0 unspecified atom stereocenters. The maximum atomic E-state index is 13.5. The molecule has 44 heavy (non-hydrogen) atoms. The molecule has 0 radical (unpaired) electrons. The van der Waals surface area contributed by atoms with Crippen molar-refractivity contribution < 1.29 is 23.8 Å². The fourth-order valence-corrected chi connectivity index (χ4v) is 6.20. The Morgan fingerprint density at radius 2 is 1.55 bits per heavy atom. The van der Waals surface area contributed by atoms with Crippen molar-refractivity contribution in [2.75, 3.05) is 50.0 Å². The lowest BCUT2D eigenvalue weighted by molar-refractivity contribution is 0.101. The Morgan fingerprint density at radius 3 is 2.25 bits per heavy atom. The van der Waals surface area contributed by atoms with Crippen molar-refractivity contribution >= 4 is 28.9 Å². The van der Waals surface area contributed by atoms with Crippen LogP contribution in [0.5, 0.6) is 17.2 Å². The minimum absolute atomic E-state index is 0.0263. The second-order valence-corrected chi connectivity index (χ2v) is 10.9. The maximum absolute atomic E-state index is 13.5. The highest BCUT2D eigenvalue weighted by molar-refractivity contribution is 6.09. The number of piperidine rings is 1. The summed E-state index contributed by atoms with van der Waals surface area (Å²) in [5, 5.41) is 5.93. The van der Waals surface area contributed by atoms with Crippen LogP contribution in [-0.4, -0.2) is 55.8 Å². The Labute approximate surface area is 254 Å². The largest absolute Gasteiger partial charge is 0.493 e. The van der Waals surface area contributed by atoms with Crippen LogP contribution in [0.3, 0.4) is 0 Å². The minimum Gasteiger partial charge on any atom is -0.493 e. The number of ether oxygens (including phenoxy) is 3. The lowest BCUT2D eigenvalue weighted by Crippen LogP contribution is -2.47. The number of pyridine rings is 2. The Bertz CT molecular complexity index is 1750. The van der Waals surface area contributed by atoms with Crippen LogP contribution in [0, 0.1) is 5.92 Å². The second kappa shape index (κ2) is 12.1. The van der Waals surface area contributed by atoms with E-state index in [1.807, 2.05) is 22.8 Å². The van der Waals surface area contributed by atoms with Crippen molar-refractivity contribution in [1.82, 2.24) is 9.55 Å². The highest BCUT2D eigenvalue weighted by Gasteiger charge is 2.35. The molecule has 226 valence electrons. The van der Waals surface area contributed by atoms with Gasteiger partial charge in [-0.2, -0.15) is 0 Å². The number of nitrogens with zero attached hydrogens (tertiary/aromatic N) is 3. The Kier molecular flexibility index (Phi) is 7.93. The van der Waals surface area contributed by atoms with E-state index in [1.165, 1.54) is 21.3 Å². The van der Waals surface area contributed by atoms with Crippen LogP contribution in [-0.2, 0) is 6.54 Å². The number of hydrogen-bond acceptors (Lipinski definition) is 8. The van der Waals surface area contributed by atoms with Gasteiger partial charge in [-0.25, -0.2) is 0 Å². The zero-order valence-corrected chi connectivity index (χ0v) is 24.7. The first-order valence-electron chi connectivity index (χ1n) is 14.3. The number of methoxy groups -OCH3 is 3. The summed E-state index contributed by atoms with van der Waals surface area (Å²) >= 11 is 0. The molecule has 2 N–H and O–H groups in total. The van der Waals surface area contributed by atoms with E-state index in [-0.39, 0.29) is 29.2 Å². The van der Waals surface area contributed by atoms with Gasteiger partial charge < -0.3 is 34.3 Å². The molecule has 11 heteroatoms. The van der Waals surface area contributed by atoms with Crippen LogP contribution < -0.4 is 35.3 Å². The number of amides is 2. The summed E-state index contributed by atoms with van der Waals surface area (Å²) in [6.07, 6.45) is 4.11. The molecule has 1 fully saturated rings. The van der Waals surface area contributed by atoms with Crippen LogP contribution >= 0.6 is 0 Å². The van der Waals surface area contributed by atoms with Crippen LogP contribution in [0.2, 0.25) is 0 Å². The standard InChI is InChI=1S/C33H33N5O6/c1-42-28-15-24(16-29(43-2)31(28)44-3)35-33(41)22-7-8-27(25(14-22)36-32(40)21-9-11-34-12-10-21)37-17-20-13-23(19-37)26-5-4-6-30(39)38(26)18-20/h4-12,14-16,20,23H,13,17-19H2,1-3H3,(H,35,41)(H,36,40)/t20-,23+/m1/s1. The number of carbonyl (C=O) groups excluding carboxylic acids is 2. The van der Waals surface area contributed by atoms with Gasteiger partial charge in [-0.05, 0) is 48.7 Å². The summed E-state index contributed by atoms with van der Waals surface area (Å²) in [4.78, 5) is 45.6. The predicted molar refractivity (Wildman–Crippen MR) is 166 cm³/mol. The molecule has 1 saturated heterocycles. The van der Waals surface area contributed by atoms with E-state index < -0.39 is 0 Å². The third-order valence-electron chi connectivity index (χ3n) is 8.19. The van der Waals surface area contributed by atoms with Crippen molar-refractivity contribution in [3.8, 4) is 17.2 Å². The van der Waals surface area contributed by atoms with E-state index in [2.05, 4.69) is 20.5 Å². The first-order valence-corrected chi connectivity index (χ1v) is 14.3. The fourth-order valence-electron chi connectivity index (χ4n) is 6.20. The van der Waals surface area contributed by atoms with Gasteiger partial charge in [0.25, 0.3) is 17.4 Å². The molecule has 2 amide bonds. The molecule has 2 aromatic heterocycles. The van der Waals surface area contributed by atoms with Gasteiger partial charge in [0.1, 0.15) is 0 Å². The zero-order chi connectivity index (χ0) is 30.8. The SMILES string of the molecule is COc1cc(NC(=O)c2ccc(N3C[C@H]4C[C@@H](C3)c3cccc(=O)n3C4)c(NC(=O)c3ccncc3)c2)cc(OC)c1OC. The first-order chi connectivity index (χ1) is 21.4. The molecule has 0 saturated carbocycles. The van der Waals surface area contributed by atoms with Crippen molar-refractivity contribution in [2.24, 2.45) is 5.92 Å². The van der Waals surface area contributed by atoms with Gasteiger partial charge in [0, 0.05) is 78.7 Å². The Morgan fingerprint density at radius 1 is 0.818 bits per heavy atom. The summed E-state index contributed by atoms with van der Waals surface area (Å²) in [6, 6.07) is 17.3.